The molecule has 1 aromatic carbocycles. The van der Waals surface area contributed by atoms with Gasteiger partial charge in [0.15, 0.2) is 0 Å². The molecule has 1 aliphatic rings. The lowest BCUT2D eigenvalue weighted by molar-refractivity contribution is -0.143. The number of rotatable bonds is 6. The molecule has 0 unspecified atom stereocenters. The molecule has 2 N–H and O–H groups in total. The van der Waals surface area contributed by atoms with Crippen LogP contribution in [0.4, 0.5) is 10.5 Å². The van der Waals surface area contributed by atoms with E-state index in [-0.39, 0.29) is 6.54 Å². The van der Waals surface area contributed by atoms with Crippen molar-refractivity contribution in [3.63, 3.8) is 0 Å². The Labute approximate surface area is 144 Å². The first kappa shape index (κ1) is 18.1. The van der Waals surface area contributed by atoms with Gasteiger partial charge in [0, 0.05) is 12.7 Å². The number of aryl methyl sites for hydroxylation is 1. The standard InChI is InChI=1S/C16H18N4O5/c1-3-10-6-4-5-7-11(10)18-12(21)8-17-13(22)9-20-15(24)14(23)19(2)16(20)25/h4-7H,3,8-9H2,1-2H3,(H,17,22)(H,18,21). The molecule has 0 aliphatic carbocycles. The topological polar surface area (TPSA) is 116 Å². The van der Waals surface area contributed by atoms with Gasteiger partial charge in [0.1, 0.15) is 6.54 Å². The quantitative estimate of drug-likeness (QED) is 0.543. The normalized spacial score (nSPS) is 14.1. The van der Waals surface area contributed by atoms with E-state index in [0.717, 1.165) is 19.0 Å². The molecule has 1 aromatic rings. The molecule has 9 heteroatoms. The van der Waals surface area contributed by atoms with Gasteiger partial charge in [-0.3, -0.25) is 24.1 Å². The molecule has 0 radical (unpaired) electrons. The van der Waals surface area contributed by atoms with Gasteiger partial charge in [0.2, 0.25) is 11.8 Å². The summed E-state index contributed by atoms with van der Waals surface area (Å²) in [6.45, 7) is 1.01. The number of amides is 6. The number of urea groups is 1. The highest BCUT2D eigenvalue weighted by atomic mass is 16.2. The maximum atomic E-state index is 11.9. The van der Waals surface area contributed by atoms with Crippen molar-refractivity contribution in [2.45, 2.75) is 13.3 Å². The van der Waals surface area contributed by atoms with Crippen LogP contribution in [0, 0.1) is 0 Å². The van der Waals surface area contributed by atoms with Crippen molar-refractivity contribution in [3.05, 3.63) is 29.8 Å². The molecule has 2 rings (SSSR count). The average Bonchev–Trinajstić information content (AvgIpc) is 2.78. The summed E-state index contributed by atoms with van der Waals surface area (Å²) in [7, 11) is 1.15. The fourth-order valence-electron chi connectivity index (χ4n) is 2.28. The van der Waals surface area contributed by atoms with Crippen molar-refractivity contribution in [2.24, 2.45) is 0 Å². The fourth-order valence-corrected chi connectivity index (χ4v) is 2.28. The Morgan fingerprint density at radius 1 is 1.04 bits per heavy atom. The summed E-state index contributed by atoms with van der Waals surface area (Å²) in [4.78, 5) is 59.5. The third kappa shape index (κ3) is 4.00. The van der Waals surface area contributed by atoms with Crippen LogP contribution in [0.3, 0.4) is 0 Å². The Morgan fingerprint density at radius 3 is 2.32 bits per heavy atom. The van der Waals surface area contributed by atoms with Crippen LogP contribution in [0.15, 0.2) is 24.3 Å². The molecule has 1 fully saturated rings. The van der Waals surface area contributed by atoms with E-state index in [1.165, 1.54) is 0 Å². The van der Waals surface area contributed by atoms with Crippen molar-refractivity contribution in [2.75, 3.05) is 25.5 Å². The Bertz CT molecular complexity index is 746. The molecule has 25 heavy (non-hydrogen) atoms. The summed E-state index contributed by atoms with van der Waals surface area (Å²) in [6, 6.07) is 6.41. The molecule has 0 saturated carbocycles. The molecule has 0 spiro atoms. The van der Waals surface area contributed by atoms with E-state index < -0.39 is 36.2 Å². The van der Waals surface area contributed by atoms with Gasteiger partial charge in [0.25, 0.3) is 0 Å². The van der Waals surface area contributed by atoms with E-state index in [1.54, 1.807) is 12.1 Å². The van der Waals surface area contributed by atoms with Crippen LogP contribution in [-0.4, -0.2) is 59.6 Å². The van der Waals surface area contributed by atoms with Gasteiger partial charge < -0.3 is 10.6 Å². The number of nitrogens with zero attached hydrogens (tertiary/aromatic N) is 2. The number of hydrogen-bond acceptors (Lipinski definition) is 5. The minimum absolute atomic E-state index is 0.323. The lowest BCUT2D eigenvalue weighted by Crippen LogP contribution is -2.43. The van der Waals surface area contributed by atoms with Crippen molar-refractivity contribution < 1.29 is 24.0 Å². The Morgan fingerprint density at radius 2 is 1.72 bits per heavy atom. The van der Waals surface area contributed by atoms with Crippen LogP contribution < -0.4 is 10.6 Å². The maximum Gasteiger partial charge on any atom is 0.334 e. The van der Waals surface area contributed by atoms with Crippen molar-refractivity contribution >= 4 is 35.3 Å². The van der Waals surface area contributed by atoms with Gasteiger partial charge in [-0.05, 0) is 18.1 Å². The lowest BCUT2D eigenvalue weighted by Gasteiger charge is -2.13. The minimum Gasteiger partial charge on any atom is -0.345 e. The Hall–Kier alpha value is -3.23. The summed E-state index contributed by atoms with van der Waals surface area (Å²) >= 11 is 0. The van der Waals surface area contributed by atoms with E-state index in [4.69, 9.17) is 0 Å². The maximum absolute atomic E-state index is 11.9. The molecule has 6 amide bonds. The largest absolute Gasteiger partial charge is 0.345 e. The molecule has 0 bridgehead atoms. The van der Waals surface area contributed by atoms with Crippen LogP contribution in [0.25, 0.3) is 0 Å². The van der Waals surface area contributed by atoms with E-state index in [0.29, 0.717) is 15.5 Å². The van der Waals surface area contributed by atoms with Crippen molar-refractivity contribution in [1.29, 1.82) is 0 Å². The predicted octanol–water partition coefficient (Wildman–Crippen LogP) is -0.276. The molecule has 1 saturated heterocycles. The predicted molar refractivity (Wildman–Crippen MR) is 87.3 cm³/mol. The number of nitrogens with one attached hydrogen (secondary N) is 2. The minimum atomic E-state index is -1.07. The summed E-state index contributed by atoms with van der Waals surface area (Å²) in [5.74, 6) is -3.22. The van der Waals surface area contributed by atoms with E-state index in [1.807, 2.05) is 19.1 Å². The number of benzene rings is 1. The van der Waals surface area contributed by atoms with Crippen molar-refractivity contribution in [3.8, 4) is 0 Å². The van der Waals surface area contributed by atoms with Gasteiger partial charge in [-0.15, -0.1) is 0 Å². The zero-order valence-corrected chi connectivity index (χ0v) is 13.9. The number of imide groups is 2. The first-order chi connectivity index (χ1) is 11.8. The number of carbonyl (C=O) groups is 5. The average molecular weight is 346 g/mol. The van der Waals surface area contributed by atoms with Gasteiger partial charge >= 0.3 is 17.8 Å². The highest BCUT2D eigenvalue weighted by molar-refractivity contribution is 6.44. The molecular weight excluding hydrogens is 328 g/mol. The molecule has 1 aliphatic heterocycles. The van der Waals surface area contributed by atoms with Crippen LogP contribution in [0.2, 0.25) is 0 Å². The van der Waals surface area contributed by atoms with Crippen molar-refractivity contribution in [1.82, 2.24) is 15.1 Å². The van der Waals surface area contributed by atoms with Crippen LogP contribution in [-0.2, 0) is 25.6 Å². The number of para-hydroxylation sites is 1. The molecule has 0 aromatic heterocycles. The third-order valence-electron chi connectivity index (χ3n) is 3.67. The van der Waals surface area contributed by atoms with E-state index in [9.17, 15) is 24.0 Å². The second kappa shape index (κ2) is 7.56. The van der Waals surface area contributed by atoms with Gasteiger partial charge in [0.05, 0.1) is 6.54 Å². The SMILES string of the molecule is CCc1ccccc1NC(=O)CNC(=O)CN1C(=O)C(=O)N(C)C1=O. The highest BCUT2D eigenvalue weighted by Crippen LogP contribution is 2.15. The molecule has 9 nitrogen and oxygen atoms in total. The number of hydrogen-bond donors (Lipinski definition) is 2. The Balaban J connectivity index is 1.86. The summed E-state index contributed by atoms with van der Waals surface area (Å²) in [6.07, 6.45) is 0.740. The number of likely N-dealkylation sites (N-methyl/N-ethyl adjacent to an activating group) is 1. The van der Waals surface area contributed by atoms with Gasteiger partial charge in [-0.1, -0.05) is 25.1 Å². The van der Waals surface area contributed by atoms with Gasteiger partial charge in [-0.25, -0.2) is 9.69 Å². The molecule has 1 heterocycles. The summed E-state index contributed by atoms with van der Waals surface area (Å²) < 4.78 is 0. The van der Waals surface area contributed by atoms with Gasteiger partial charge in [-0.2, -0.15) is 0 Å². The monoisotopic (exact) mass is 346 g/mol. The van der Waals surface area contributed by atoms with Crippen LogP contribution in [0.5, 0.6) is 0 Å². The Kier molecular flexibility index (Phi) is 5.48. The first-order valence-corrected chi connectivity index (χ1v) is 7.63. The van der Waals surface area contributed by atoms with E-state index in [2.05, 4.69) is 10.6 Å². The highest BCUT2D eigenvalue weighted by Gasteiger charge is 2.42. The summed E-state index contributed by atoms with van der Waals surface area (Å²) in [5, 5.41) is 4.99. The van der Waals surface area contributed by atoms with Crippen LogP contribution >= 0.6 is 0 Å². The zero-order valence-electron chi connectivity index (χ0n) is 13.9. The van der Waals surface area contributed by atoms with E-state index >= 15 is 0 Å². The first-order valence-electron chi connectivity index (χ1n) is 7.63. The second-order valence-electron chi connectivity index (χ2n) is 5.37. The summed E-state index contributed by atoms with van der Waals surface area (Å²) in [5.41, 5.74) is 1.61. The molecule has 132 valence electrons. The fraction of sp³-hybridized carbons (Fsp3) is 0.312. The molecular formula is C16H18N4O5. The molecule has 0 atom stereocenters. The smallest absolute Gasteiger partial charge is 0.334 e. The number of carbonyl (C=O) groups excluding carboxylic acids is 5. The second-order valence-corrected chi connectivity index (χ2v) is 5.37. The zero-order chi connectivity index (χ0) is 18.6. The lowest BCUT2D eigenvalue weighted by atomic mass is 10.1. The van der Waals surface area contributed by atoms with Crippen LogP contribution in [0.1, 0.15) is 12.5 Å². The number of anilines is 1. The third-order valence-corrected chi connectivity index (χ3v) is 3.67.